The summed E-state index contributed by atoms with van der Waals surface area (Å²) in [5, 5.41) is 12.3. The van der Waals surface area contributed by atoms with Crippen LogP contribution in [0.1, 0.15) is 31.0 Å². The molecule has 0 aliphatic rings. The molecule has 1 aromatic heterocycles. The topological polar surface area (TPSA) is 50.0 Å². The maximum Gasteiger partial charge on any atom is 0.120 e. The molecule has 0 aliphatic heterocycles. The molecule has 0 fully saturated rings. The van der Waals surface area contributed by atoms with Crippen LogP contribution in [0.15, 0.2) is 12.3 Å². The van der Waals surface area contributed by atoms with Crippen molar-refractivity contribution >= 4 is 0 Å². The number of methoxy groups -OCH3 is 1. The number of ether oxygens (including phenoxy) is 1. The third-order valence-electron chi connectivity index (χ3n) is 2.78. The Morgan fingerprint density at radius 2 is 2.35 bits per heavy atom. The summed E-state index contributed by atoms with van der Waals surface area (Å²) in [6.45, 7) is 3.68. The maximum absolute atomic E-state index is 8.87. The van der Waals surface area contributed by atoms with E-state index in [1.807, 2.05) is 23.9 Å². The van der Waals surface area contributed by atoms with Gasteiger partial charge < -0.3 is 14.6 Å². The van der Waals surface area contributed by atoms with Crippen molar-refractivity contribution in [2.24, 2.45) is 7.05 Å². The Hall–Kier alpha value is -1.31. The number of hydrogen-bond donors (Lipinski definition) is 1. The fourth-order valence-corrected chi connectivity index (χ4v) is 1.90. The van der Waals surface area contributed by atoms with Crippen LogP contribution in [0.5, 0.6) is 0 Å². The van der Waals surface area contributed by atoms with Crippen molar-refractivity contribution in [3.8, 4) is 6.07 Å². The lowest BCUT2D eigenvalue weighted by molar-refractivity contribution is 0.161. The predicted molar refractivity (Wildman–Crippen MR) is 67.5 cm³/mol. The largest absolute Gasteiger partial charge is 0.383 e. The van der Waals surface area contributed by atoms with E-state index >= 15 is 0 Å². The van der Waals surface area contributed by atoms with Crippen LogP contribution >= 0.6 is 0 Å². The number of aryl methyl sites for hydroxylation is 1. The Balaban J connectivity index is 2.50. The SMILES string of the molecule is CCCC(COC)NCc1cc(C#N)n(C)c1. The van der Waals surface area contributed by atoms with E-state index in [0.29, 0.717) is 11.7 Å². The van der Waals surface area contributed by atoms with Gasteiger partial charge in [0.25, 0.3) is 0 Å². The van der Waals surface area contributed by atoms with Gasteiger partial charge in [-0.05, 0) is 18.1 Å². The van der Waals surface area contributed by atoms with Gasteiger partial charge in [0.1, 0.15) is 11.8 Å². The lowest BCUT2D eigenvalue weighted by atomic mass is 10.1. The van der Waals surface area contributed by atoms with Crippen LogP contribution in [-0.2, 0) is 18.3 Å². The van der Waals surface area contributed by atoms with E-state index in [1.165, 1.54) is 0 Å². The van der Waals surface area contributed by atoms with E-state index in [4.69, 9.17) is 10.00 Å². The Morgan fingerprint density at radius 3 is 2.88 bits per heavy atom. The zero-order chi connectivity index (χ0) is 12.7. The van der Waals surface area contributed by atoms with Crippen molar-refractivity contribution in [3.05, 3.63) is 23.5 Å². The molecule has 4 nitrogen and oxygen atoms in total. The molecule has 0 spiro atoms. The number of nitrogens with one attached hydrogen (secondary N) is 1. The van der Waals surface area contributed by atoms with E-state index in [2.05, 4.69) is 18.3 Å². The van der Waals surface area contributed by atoms with Gasteiger partial charge in [-0.15, -0.1) is 0 Å². The molecule has 0 saturated carbocycles. The average molecular weight is 235 g/mol. The minimum absolute atomic E-state index is 0.385. The third-order valence-corrected chi connectivity index (χ3v) is 2.78. The van der Waals surface area contributed by atoms with E-state index < -0.39 is 0 Å². The van der Waals surface area contributed by atoms with Crippen LogP contribution < -0.4 is 5.32 Å². The molecule has 0 amide bonds. The molecule has 0 aliphatic carbocycles. The molecule has 1 aromatic rings. The summed E-state index contributed by atoms with van der Waals surface area (Å²) in [4.78, 5) is 0. The van der Waals surface area contributed by atoms with Gasteiger partial charge in [-0.2, -0.15) is 5.26 Å². The molecule has 17 heavy (non-hydrogen) atoms. The van der Waals surface area contributed by atoms with Gasteiger partial charge in [0.05, 0.1) is 6.61 Å². The fourth-order valence-electron chi connectivity index (χ4n) is 1.90. The van der Waals surface area contributed by atoms with E-state index in [9.17, 15) is 0 Å². The first-order valence-electron chi connectivity index (χ1n) is 5.98. The number of aromatic nitrogens is 1. The zero-order valence-electron chi connectivity index (χ0n) is 10.9. The third kappa shape index (κ3) is 4.22. The summed E-state index contributed by atoms with van der Waals surface area (Å²) in [5.74, 6) is 0. The molecular formula is C13H21N3O. The summed E-state index contributed by atoms with van der Waals surface area (Å²) in [6, 6.07) is 4.47. The fraction of sp³-hybridized carbons (Fsp3) is 0.615. The molecule has 0 aromatic carbocycles. The van der Waals surface area contributed by atoms with Gasteiger partial charge in [0, 0.05) is 32.9 Å². The highest BCUT2D eigenvalue weighted by atomic mass is 16.5. The van der Waals surface area contributed by atoms with Crippen LogP contribution in [0, 0.1) is 11.3 Å². The molecule has 0 saturated heterocycles. The average Bonchev–Trinajstić information content (AvgIpc) is 2.67. The second kappa shape index (κ2) is 7.10. The van der Waals surface area contributed by atoms with Gasteiger partial charge in [-0.1, -0.05) is 13.3 Å². The lowest BCUT2D eigenvalue weighted by Gasteiger charge is -2.16. The van der Waals surface area contributed by atoms with Crippen LogP contribution in [0.4, 0.5) is 0 Å². The predicted octanol–water partition coefficient (Wildman–Crippen LogP) is 1.80. The first-order chi connectivity index (χ1) is 8.21. The van der Waals surface area contributed by atoms with Crippen LogP contribution in [0.3, 0.4) is 0 Å². The smallest absolute Gasteiger partial charge is 0.120 e. The Morgan fingerprint density at radius 1 is 1.59 bits per heavy atom. The number of rotatable bonds is 7. The monoisotopic (exact) mass is 235 g/mol. The van der Waals surface area contributed by atoms with E-state index in [1.54, 1.807) is 7.11 Å². The van der Waals surface area contributed by atoms with Gasteiger partial charge in [0.2, 0.25) is 0 Å². The zero-order valence-corrected chi connectivity index (χ0v) is 10.9. The normalized spacial score (nSPS) is 12.4. The first kappa shape index (κ1) is 13.8. The standard InChI is InChI=1S/C13H21N3O/c1-4-5-12(10-17-3)15-8-11-6-13(7-14)16(2)9-11/h6,9,12,15H,4-5,8,10H2,1-3H3. The van der Waals surface area contributed by atoms with Gasteiger partial charge >= 0.3 is 0 Å². The molecule has 1 rings (SSSR count). The van der Waals surface area contributed by atoms with Crippen LogP contribution in [0.25, 0.3) is 0 Å². The molecule has 1 atom stereocenters. The molecule has 1 heterocycles. The second-order valence-electron chi connectivity index (χ2n) is 4.28. The first-order valence-corrected chi connectivity index (χ1v) is 5.98. The maximum atomic E-state index is 8.87. The molecule has 94 valence electrons. The highest BCUT2D eigenvalue weighted by molar-refractivity contribution is 5.28. The number of nitriles is 1. The minimum atomic E-state index is 0.385. The molecule has 4 heteroatoms. The van der Waals surface area contributed by atoms with Crippen LogP contribution in [0.2, 0.25) is 0 Å². The molecule has 0 bridgehead atoms. The molecular weight excluding hydrogens is 214 g/mol. The van der Waals surface area contributed by atoms with Crippen molar-refractivity contribution in [1.29, 1.82) is 5.26 Å². The van der Waals surface area contributed by atoms with Crippen molar-refractivity contribution in [2.75, 3.05) is 13.7 Å². The Kier molecular flexibility index (Phi) is 5.75. The molecule has 0 radical (unpaired) electrons. The minimum Gasteiger partial charge on any atom is -0.383 e. The Bertz CT molecular complexity index is 373. The van der Waals surface area contributed by atoms with Crippen molar-refractivity contribution < 1.29 is 4.74 Å². The van der Waals surface area contributed by atoms with E-state index in [0.717, 1.165) is 31.6 Å². The summed E-state index contributed by atoms with van der Waals surface area (Å²) in [6.07, 6.45) is 4.23. The summed E-state index contributed by atoms with van der Waals surface area (Å²) in [7, 11) is 3.61. The summed E-state index contributed by atoms with van der Waals surface area (Å²) >= 11 is 0. The van der Waals surface area contributed by atoms with Crippen LogP contribution in [-0.4, -0.2) is 24.3 Å². The molecule has 1 N–H and O–H groups in total. The lowest BCUT2D eigenvalue weighted by Crippen LogP contribution is -2.32. The second-order valence-corrected chi connectivity index (χ2v) is 4.28. The number of hydrogen-bond acceptors (Lipinski definition) is 3. The molecule has 1 unspecified atom stereocenters. The van der Waals surface area contributed by atoms with E-state index in [-0.39, 0.29) is 0 Å². The highest BCUT2D eigenvalue weighted by Crippen LogP contribution is 2.07. The number of nitrogens with zero attached hydrogens (tertiary/aromatic N) is 2. The van der Waals surface area contributed by atoms with Crippen molar-refractivity contribution in [1.82, 2.24) is 9.88 Å². The summed E-state index contributed by atoms with van der Waals surface area (Å²) < 4.78 is 7.02. The summed E-state index contributed by atoms with van der Waals surface area (Å²) in [5.41, 5.74) is 1.84. The van der Waals surface area contributed by atoms with Gasteiger partial charge in [0.15, 0.2) is 0 Å². The van der Waals surface area contributed by atoms with Gasteiger partial charge in [-0.25, -0.2) is 0 Å². The van der Waals surface area contributed by atoms with Gasteiger partial charge in [-0.3, -0.25) is 0 Å². The van der Waals surface area contributed by atoms with Crippen molar-refractivity contribution in [3.63, 3.8) is 0 Å². The quantitative estimate of drug-likeness (QED) is 0.784. The highest BCUT2D eigenvalue weighted by Gasteiger charge is 2.08. The van der Waals surface area contributed by atoms with Crippen molar-refractivity contribution in [2.45, 2.75) is 32.4 Å². The Labute approximate surface area is 103 Å².